The van der Waals surface area contributed by atoms with E-state index in [2.05, 4.69) is 15.8 Å². The van der Waals surface area contributed by atoms with Crippen LogP contribution in [-0.4, -0.2) is 28.1 Å². The third kappa shape index (κ3) is 8.09. The van der Waals surface area contributed by atoms with Gasteiger partial charge < -0.3 is 10.4 Å². The Morgan fingerprint density at radius 1 is 1.07 bits per heavy atom. The molecule has 3 N–H and O–H groups in total. The molecule has 1 heterocycles. The highest BCUT2D eigenvalue weighted by molar-refractivity contribution is 7.16. The van der Waals surface area contributed by atoms with Crippen molar-refractivity contribution in [3.05, 3.63) is 51.4 Å². The maximum atomic E-state index is 11.8. The summed E-state index contributed by atoms with van der Waals surface area (Å²) in [6.45, 7) is 0. The number of phenols is 1. The number of hydrogen-bond acceptors (Lipinski definition) is 7. The molecule has 2 aromatic rings. The van der Waals surface area contributed by atoms with Gasteiger partial charge in [0.05, 0.1) is 21.7 Å². The molecule has 10 heteroatoms. The van der Waals surface area contributed by atoms with Crippen molar-refractivity contribution in [2.24, 2.45) is 5.10 Å². The van der Waals surface area contributed by atoms with Gasteiger partial charge in [-0.25, -0.2) is 5.43 Å². The van der Waals surface area contributed by atoms with Crippen molar-refractivity contribution in [1.29, 1.82) is 0 Å². The van der Waals surface area contributed by atoms with Gasteiger partial charge in [0.1, 0.15) is 5.75 Å². The Balaban J connectivity index is 1.54. The zero-order valence-electron chi connectivity index (χ0n) is 15.7. The molecule has 1 aromatic carbocycles. The molecule has 154 valence electrons. The second-order valence-corrected chi connectivity index (χ2v) is 7.30. The molecule has 0 atom stereocenters. The quantitative estimate of drug-likeness (QED) is 0.168. The molecular formula is C19H22N4O5S. The summed E-state index contributed by atoms with van der Waals surface area (Å²) in [5, 5.41) is 26.7. The molecule has 0 unspecified atom stereocenters. The summed E-state index contributed by atoms with van der Waals surface area (Å²) in [6, 6.07) is 9.50. The number of phenolic OH excluding ortho intramolecular Hbond substituents is 1. The Morgan fingerprint density at radius 2 is 1.76 bits per heavy atom. The lowest BCUT2D eigenvalue weighted by Crippen LogP contribution is -2.16. The lowest BCUT2D eigenvalue weighted by Gasteiger charge is -2.06. The molecule has 2 rings (SSSR count). The predicted octanol–water partition coefficient (Wildman–Crippen LogP) is 3.79. The first-order valence-electron chi connectivity index (χ1n) is 9.09. The molecule has 9 nitrogen and oxygen atoms in total. The minimum absolute atomic E-state index is 0.0204. The molecule has 0 aliphatic carbocycles. The number of hydrogen-bond donors (Lipinski definition) is 3. The van der Waals surface area contributed by atoms with E-state index in [0.29, 0.717) is 36.2 Å². The monoisotopic (exact) mass is 418 g/mol. The van der Waals surface area contributed by atoms with Crippen molar-refractivity contribution >= 4 is 40.1 Å². The number of nitrogens with one attached hydrogen (secondary N) is 2. The zero-order valence-corrected chi connectivity index (χ0v) is 16.5. The SMILES string of the molecule is O=C(CCCCCCC(=O)Nc1ccccc1O)N/N=C/c1ccc([N+](=O)[O-])s1. The number of benzene rings is 1. The van der Waals surface area contributed by atoms with Crippen molar-refractivity contribution in [2.45, 2.75) is 38.5 Å². The molecule has 0 saturated heterocycles. The van der Waals surface area contributed by atoms with Crippen LogP contribution < -0.4 is 10.7 Å². The van der Waals surface area contributed by atoms with Crippen molar-refractivity contribution in [3.63, 3.8) is 0 Å². The third-order valence-electron chi connectivity index (χ3n) is 3.91. The van der Waals surface area contributed by atoms with Crippen molar-refractivity contribution in [1.82, 2.24) is 5.43 Å². The van der Waals surface area contributed by atoms with Crippen molar-refractivity contribution in [3.8, 4) is 5.75 Å². The van der Waals surface area contributed by atoms with Crippen molar-refractivity contribution in [2.75, 3.05) is 5.32 Å². The van der Waals surface area contributed by atoms with Crippen LogP contribution in [0, 0.1) is 10.1 Å². The molecule has 2 amide bonds. The molecule has 0 fully saturated rings. The molecule has 1 aromatic heterocycles. The van der Waals surface area contributed by atoms with Gasteiger partial charge in [-0.2, -0.15) is 5.10 Å². The van der Waals surface area contributed by atoms with Crippen LogP contribution in [0.15, 0.2) is 41.5 Å². The number of amides is 2. The largest absolute Gasteiger partial charge is 0.506 e. The van der Waals surface area contributed by atoms with E-state index in [4.69, 9.17) is 0 Å². The number of para-hydroxylation sites is 2. The maximum absolute atomic E-state index is 11.8. The topological polar surface area (TPSA) is 134 Å². The Bertz CT molecular complexity index is 881. The molecule has 29 heavy (non-hydrogen) atoms. The highest BCUT2D eigenvalue weighted by atomic mass is 32.1. The minimum atomic E-state index is -0.476. The van der Waals surface area contributed by atoms with Gasteiger partial charge in [0.2, 0.25) is 11.8 Å². The lowest BCUT2D eigenvalue weighted by atomic mass is 10.1. The second kappa shape index (κ2) is 11.5. The first kappa shape index (κ1) is 22.0. The number of nitrogens with zero attached hydrogens (tertiary/aromatic N) is 2. The molecular weight excluding hydrogens is 396 g/mol. The molecule has 0 bridgehead atoms. The highest BCUT2D eigenvalue weighted by Gasteiger charge is 2.08. The van der Waals surface area contributed by atoms with E-state index in [-0.39, 0.29) is 22.6 Å². The number of unbranched alkanes of at least 4 members (excludes halogenated alkanes) is 3. The molecule has 0 saturated carbocycles. The Labute approximate surface area is 171 Å². The first-order chi connectivity index (χ1) is 14.0. The van der Waals surface area contributed by atoms with E-state index in [1.165, 1.54) is 18.3 Å². The van der Waals surface area contributed by atoms with E-state index in [9.17, 15) is 24.8 Å². The van der Waals surface area contributed by atoms with Gasteiger partial charge in [0, 0.05) is 18.9 Å². The van der Waals surface area contributed by atoms with Crippen LogP contribution in [0.4, 0.5) is 10.7 Å². The fourth-order valence-electron chi connectivity index (χ4n) is 2.45. The van der Waals surface area contributed by atoms with Crippen LogP contribution in [0.25, 0.3) is 0 Å². The van der Waals surface area contributed by atoms with Gasteiger partial charge in [0.15, 0.2) is 0 Å². The lowest BCUT2D eigenvalue weighted by molar-refractivity contribution is -0.380. The average Bonchev–Trinajstić information content (AvgIpc) is 3.16. The standard InChI is InChI=1S/C19H22N4O5S/c24-16-8-6-5-7-15(16)21-17(25)9-3-1-2-4-10-18(26)22-20-13-14-11-12-19(29-14)23(27)28/h5-8,11-13,24H,1-4,9-10H2,(H,21,25)(H,22,26)/b20-13+. The normalized spacial score (nSPS) is 10.8. The Morgan fingerprint density at radius 3 is 2.41 bits per heavy atom. The Hall–Kier alpha value is -3.27. The summed E-state index contributed by atoms with van der Waals surface area (Å²) in [5.74, 6) is -0.358. The first-order valence-corrected chi connectivity index (χ1v) is 9.91. The number of carbonyl (C=O) groups is 2. The number of rotatable bonds is 11. The Kier molecular flexibility index (Phi) is 8.77. The highest BCUT2D eigenvalue weighted by Crippen LogP contribution is 2.22. The van der Waals surface area contributed by atoms with Crippen LogP contribution >= 0.6 is 11.3 Å². The van der Waals surface area contributed by atoms with Gasteiger partial charge in [-0.05, 0) is 31.0 Å². The fourth-order valence-corrected chi connectivity index (χ4v) is 3.14. The summed E-state index contributed by atoms with van der Waals surface area (Å²) in [6.07, 6.45) is 5.01. The number of anilines is 1. The summed E-state index contributed by atoms with van der Waals surface area (Å²) in [4.78, 5) is 34.2. The van der Waals surface area contributed by atoms with Crippen LogP contribution in [0.5, 0.6) is 5.75 Å². The van der Waals surface area contributed by atoms with Gasteiger partial charge in [-0.1, -0.05) is 36.3 Å². The minimum Gasteiger partial charge on any atom is -0.506 e. The maximum Gasteiger partial charge on any atom is 0.324 e. The zero-order chi connectivity index (χ0) is 21.1. The number of aromatic hydroxyl groups is 1. The molecule has 0 aliphatic heterocycles. The summed E-state index contributed by atoms with van der Waals surface area (Å²) >= 11 is 0.977. The van der Waals surface area contributed by atoms with Crippen LogP contribution in [0.1, 0.15) is 43.4 Å². The number of hydrazone groups is 1. The van der Waals surface area contributed by atoms with E-state index in [1.807, 2.05) is 0 Å². The second-order valence-electron chi connectivity index (χ2n) is 6.21. The van der Waals surface area contributed by atoms with E-state index < -0.39 is 4.92 Å². The third-order valence-corrected chi connectivity index (χ3v) is 4.88. The number of carbonyl (C=O) groups excluding carboxylic acids is 2. The average molecular weight is 418 g/mol. The predicted molar refractivity (Wildman–Crippen MR) is 111 cm³/mol. The van der Waals surface area contributed by atoms with Crippen LogP contribution in [-0.2, 0) is 9.59 Å². The smallest absolute Gasteiger partial charge is 0.324 e. The fraction of sp³-hybridized carbons (Fsp3) is 0.316. The molecule has 0 radical (unpaired) electrons. The summed E-state index contributed by atoms with van der Waals surface area (Å²) < 4.78 is 0. The summed E-state index contributed by atoms with van der Waals surface area (Å²) in [5.41, 5.74) is 2.79. The van der Waals surface area contributed by atoms with Crippen LogP contribution in [0.3, 0.4) is 0 Å². The van der Waals surface area contributed by atoms with Gasteiger partial charge in [-0.3, -0.25) is 19.7 Å². The van der Waals surface area contributed by atoms with Crippen LogP contribution in [0.2, 0.25) is 0 Å². The summed E-state index contributed by atoms with van der Waals surface area (Å²) in [7, 11) is 0. The van der Waals surface area contributed by atoms with E-state index in [1.54, 1.807) is 24.3 Å². The van der Waals surface area contributed by atoms with E-state index >= 15 is 0 Å². The number of thiophene rings is 1. The van der Waals surface area contributed by atoms with E-state index in [0.717, 1.165) is 24.2 Å². The van der Waals surface area contributed by atoms with Gasteiger partial charge in [0.25, 0.3) is 0 Å². The molecule has 0 spiro atoms. The van der Waals surface area contributed by atoms with Crippen molar-refractivity contribution < 1.29 is 19.6 Å². The number of nitro groups is 1. The molecule has 0 aliphatic rings. The van der Waals surface area contributed by atoms with Gasteiger partial charge in [-0.15, -0.1) is 0 Å². The van der Waals surface area contributed by atoms with Gasteiger partial charge >= 0.3 is 5.00 Å².